The van der Waals surface area contributed by atoms with Gasteiger partial charge >= 0.3 is 5.97 Å². The van der Waals surface area contributed by atoms with Crippen molar-refractivity contribution in [1.82, 2.24) is 0 Å². The first-order valence-electron chi connectivity index (χ1n) is 7.28. The largest absolute Gasteiger partial charge is 0.493 e. The Morgan fingerprint density at radius 1 is 1.05 bits per heavy atom. The molecule has 1 N–H and O–H groups in total. The number of rotatable bonds is 7. The van der Waals surface area contributed by atoms with Crippen LogP contribution in [0.2, 0.25) is 0 Å². The third kappa shape index (κ3) is 4.25. The van der Waals surface area contributed by atoms with Crippen LogP contribution in [-0.2, 0) is 4.79 Å². The van der Waals surface area contributed by atoms with E-state index in [9.17, 15) is 4.79 Å². The Kier molecular flexibility index (Phi) is 5.42. The van der Waals surface area contributed by atoms with Crippen molar-refractivity contribution in [3.05, 3.63) is 48.0 Å². The van der Waals surface area contributed by atoms with Gasteiger partial charge in [-0.15, -0.1) is 0 Å². The molecular formula is C18H20O4. The van der Waals surface area contributed by atoms with Crippen LogP contribution in [-0.4, -0.2) is 24.3 Å². The quantitative estimate of drug-likeness (QED) is 0.842. The highest BCUT2D eigenvalue weighted by Gasteiger charge is 2.04. The molecule has 0 unspecified atom stereocenters. The summed E-state index contributed by atoms with van der Waals surface area (Å²) in [5.74, 6) is 0.472. The van der Waals surface area contributed by atoms with Crippen LogP contribution in [0.4, 0.5) is 0 Å². The summed E-state index contributed by atoms with van der Waals surface area (Å²) in [4.78, 5) is 10.5. The SMILES string of the molecule is CCCOc1ccc(-c2ccc(OCC(=O)O)cc2)cc1C. The minimum atomic E-state index is -0.984. The molecule has 4 heteroatoms. The predicted octanol–water partition coefficient (Wildman–Crippen LogP) is 3.91. The van der Waals surface area contributed by atoms with E-state index in [1.54, 1.807) is 12.1 Å². The Hall–Kier alpha value is -2.49. The number of ether oxygens (including phenoxy) is 2. The summed E-state index contributed by atoms with van der Waals surface area (Å²) in [7, 11) is 0. The van der Waals surface area contributed by atoms with E-state index in [1.807, 2.05) is 31.2 Å². The zero-order valence-electron chi connectivity index (χ0n) is 12.8. The van der Waals surface area contributed by atoms with Gasteiger partial charge in [0.25, 0.3) is 0 Å². The van der Waals surface area contributed by atoms with Crippen molar-refractivity contribution in [2.75, 3.05) is 13.2 Å². The summed E-state index contributed by atoms with van der Waals surface area (Å²) in [6, 6.07) is 13.5. The maximum absolute atomic E-state index is 10.5. The summed E-state index contributed by atoms with van der Waals surface area (Å²) in [5, 5.41) is 8.59. The van der Waals surface area contributed by atoms with Crippen LogP contribution in [0.3, 0.4) is 0 Å². The van der Waals surface area contributed by atoms with Gasteiger partial charge in [-0.3, -0.25) is 0 Å². The van der Waals surface area contributed by atoms with E-state index in [0.717, 1.165) is 35.5 Å². The first kappa shape index (κ1) is 15.9. The van der Waals surface area contributed by atoms with Gasteiger partial charge in [-0.2, -0.15) is 0 Å². The molecule has 2 rings (SSSR count). The Balaban J connectivity index is 2.11. The van der Waals surface area contributed by atoms with Gasteiger partial charge in [0.05, 0.1) is 6.61 Å². The summed E-state index contributed by atoms with van der Waals surface area (Å²) in [6.45, 7) is 4.49. The van der Waals surface area contributed by atoms with Gasteiger partial charge < -0.3 is 14.6 Å². The van der Waals surface area contributed by atoms with Gasteiger partial charge in [-0.25, -0.2) is 4.79 Å². The highest BCUT2D eigenvalue weighted by molar-refractivity contribution is 5.69. The molecule has 0 aromatic heterocycles. The van der Waals surface area contributed by atoms with Crippen molar-refractivity contribution in [1.29, 1.82) is 0 Å². The molecule has 0 atom stereocenters. The lowest BCUT2D eigenvalue weighted by atomic mass is 10.0. The standard InChI is InChI=1S/C18H20O4/c1-3-10-21-17-9-6-15(11-13(17)2)14-4-7-16(8-5-14)22-12-18(19)20/h4-9,11H,3,10,12H2,1-2H3,(H,19,20). The molecular weight excluding hydrogens is 280 g/mol. The van der Waals surface area contributed by atoms with E-state index in [1.165, 1.54) is 0 Å². The van der Waals surface area contributed by atoms with Crippen molar-refractivity contribution in [3.8, 4) is 22.6 Å². The molecule has 116 valence electrons. The smallest absolute Gasteiger partial charge is 0.341 e. The molecule has 0 aliphatic rings. The second kappa shape index (κ2) is 7.50. The molecule has 2 aromatic carbocycles. The maximum Gasteiger partial charge on any atom is 0.341 e. The van der Waals surface area contributed by atoms with Gasteiger partial charge in [0, 0.05) is 0 Å². The van der Waals surface area contributed by atoms with Crippen LogP contribution in [0.15, 0.2) is 42.5 Å². The lowest BCUT2D eigenvalue weighted by Gasteiger charge is -2.10. The van der Waals surface area contributed by atoms with Gasteiger partial charge in [0.2, 0.25) is 0 Å². The molecule has 0 spiro atoms. The van der Waals surface area contributed by atoms with Crippen LogP contribution < -0.4 is 9.47 Å². The van der Waals surface area contributed by atoms with Gasteiger partial charge in [-0.05, 0) is 54.3 Å². The summed E-state index contributed by atoms with van der Waals surface area (Å²) >= 11 is 0. The normalized spacial score (nSPS) is 10.3. The molecule has 0 amide bonds. The lowest BCUT2D eigenvalue weighted by Crippen LogP contribution is -2.09. The number of benzene rings is 2. The molecule has 22 heavy (non-hydrogen) atoms. The zero-order valence-corrected chi connectivity index (χ0v) is 12.8. The monoisotopic (exact) mass is 300 g/mol. The highest BCUT2D eigenvalue weighted by Crippen LogP contribution is 2.27. The topological polar surface area (TPSA) is 55.8 Å². The molecule has 0 aliphatic carbocycles. The zero-order chi connectivity index (χ0) is 15.9. The average Bonchev–Trinajstić information content (AvgIpc) is 2.52. The second-order valence-corrected chi connectivity index (χ2v) is 5.04. The average molecular weight is 300 g/mol. The highest BCUT2D eigenvalue weighted by atomic mass is 16.5. The fraction of sp³-hybridized carbons (Fsp3) is 0.278. The Morgan fingerprint density at radius 3 is 2.32 bits per heavy atom. The summed E-state index contributed by atoms with van der Waals surface area (Å²) < 4.78 is 10.8. The van der Waals surface area contributed by atoms with Crippen LogP contribution in [0.5, 0.6) is 11.5 Å². The third-order valence-corrected chi connectivity index (χ3v) is 3.19. The number of aliphatic carboxylic acids is 1. The van der Waals surface area contributed by atoms with Crippen LogP contribution in [0.25, 0.3) is 11.1 Å². The lowest BCUT2D eigenvalue weighted by molar-refractivity contribution is -0.139. The molecule has 0 saturated carbocycles. The molecule has 0 aliphatic heterocycles. The van der Waals surface area contributed by atoms with E-state index in [4.69, 9.17) is 14.6 Å². The molecule has 0 fully saturated rings. The second-order valence-electron chi connectivity index (χ2n) is 5.04. The molecule has 0 heterocycles. The molecule has 2 aromatic rings. The predicted molar refractivity (Wildman–Crippen MR) is 85.5 cm³/mol. The minimum Gasteiger partial charge on any atom is -0.493 e. The fourth-order valence-electron chi connectivity index (χ4n) is 2.09. The number of hydrogen-bond donors (Lipinski definition) is 1. The van der Waals surface area contributed by atoms with E-state index in [0.29, 0.717) is 5.75 Å². The Labute approximate surface area is 130 Å². The van der Waals surface area contributed by atoms with Crippen LogP contribution >= 0.6 is 0 Å². The summed E-state index contributed by atoms with van der Waals surface area (Å²) in [5.41, 5.74) is 3.23. The van der Waals surface area contributed by atoms with E-state index < -0.39 is 5.97 Å². The van der Waals surface area contributed by atoms with Crippen LogP contribution in [0.1, 0.15) is 18.9 Å². The minimum absolute atomic E-state index is 0.331. The fourth-order valence-corrected chi connectivity index (χ4v) is 2.09. The first-order chi connectivity index (χ1) is 10.6. The van der Waals surface area contributed by atoms with E-state index >= 15 is 0 Å². The number of hydrogen-bond acceptors (Lipinski definition) is 3. The number of aryl methyl sites for hydroxylation is 1. The van der Waals surface area contributed by atoms with Crippen molar-refractivity contribution in [2.24, 2.45) is 0 Å². The van der Waals surface area contributed by atoms with Gasteiger partial charge in [-0.1, -0.05) is 25.1 Å². The van der Waals surface area contributed by atoms with Crippen molar-refractivity contribution >= 4 is 5.97 Å². The number of carboxylic acid groups (broad SMARTS) is 1. The van der Waals surface area contributed by atoms with Gasteiger partial charge in [0.1, 0.15) is 11.5 Å². The molecule has 4 nitrogen and oxygen atoms in total. The number of carbonyl (C=O) groups is 1. The maximum atomic E-state index is 10.5. The van der Waals surface area contributed by atoms with Gasteiger partial charge in [0.15, 0.2) is 6.61 Å². The van der Waals surface area contributed by atoms with E-state index in [-0.39, 0.29) is 6.61 Å². The van der Waals surface area contributed by atoms with Crippen molar-refractivity contribution < 1.29 is 19.4 Å². The Morgan fingerprint density at radius 2 is 1.73 bits per heavy atom. The van der Waals surface area contributed by atoms with E-state index in [2.05, 4.69) is 13.0 Å². The Bertz CT molecular complexity index is 632. The third-order valence-electron chi connectivity index (χ3n) is 3.19. The van der Waals surface area contributed by atoms with Crippen molar-refractivity contribution in [2.45, 2.75) is 20.3 Å². The van der Waals surface area contributed by atoms with Crippen molar-refractivity contribution in [3.63, 3.8) is 0 Å². The molecule has 0 saturated heterocycles. The number of carboxylic acids is 1. The first-order valence-corrected chi connectivity index (χ1v) is 7.28. The molecule has 0 radical (unpaired) electrons. The molecule has 0 bridgehead atoms. The summed E-state index contributed by atoms with van der Waals surface area (Å²) in [6.07, 6.45) is 0.985. The van der Waals surface area contributed by atoms with Crippen LogP contribution in [0, 0.1) is 6.92 Å².